The van der Waals surface area contributed by atoms with E-state index in [1.807, 2.05) is 6.26 Å². The van der Waals surface area contributed by atoms with Crippen LogP contribution in [0.2, 0.25) is 0 Å². The SMILES string of the molecule is CCC(=O)C(CC(S)C(N)=O)NSC. The third-order valence-corrected chi connectivity index (χ3v) is 2.77. The number of primary amides is 1. The van der Waals surface area contributed by atoms with Crippen LogP contribution in [0.1, 0.15) is 19.8 Å². The van der Waals surface area contributed by atoms with Crippen molar-refractivity contribution in [2.45, 2.75) is 31.1 Å². The van der Waals surface area contributed by atoms with Crippen molar-refractivity contribution in [3.63, 3.8) is 0 Å². The molecule has 2 unspecified atom stereocenters. The molecule has 0 aliphatic rings. The highest BCUT2D eigenvalue weighted by Gasteiger charge is 2.21. The van der Waals surface area contributed by atoms with Gasteiger partial charge in [-0.2, -0.15) is 12.6 Å². The molecule has 0 aliphatic heterocycles. The van der Waals surface area contributed by atoms with Crippen LogP contribution in [0.25, 0.3) is 0 Å². The molecule has 0 aliphatic carbocycles. The third kappa shape index (κ3) is 4.88. The van der Waals surface area contributed by atoms with E-state index < -0.39 is 11.2 Å². The maximum atomic E-state index is 11.4. The van der Waals surface area contributed by atoms with Crippen molar-refractivity contribution >= 4 is 36.3 Å². The lowest BCUT2D eigenvalue weighted by Gasteiger charge is -2.17. The molecule has 1 amide bonds. The van der Waals surface area contributed by atoms with E-state index >= 15 is 0 Å². The van der Waals surface area contributed by atoms with Gasteiger partial charge in [-0.15, -0.1) is 0 Å². The highest BCUT2D eigenvalue weighted by molar-refractivity contribution is 7.96. The first-order valence-corrected chi connectivity index (χ1v) is 6.05. The zero-order valence-corrected chi connectivity index (χ0v) is 10.0. The van der Waals surface area contributed by atoms with Crippen LogP contribution in [0.15, 0.2) is 0 Å². The monoisotopic (exact) mass is 236 g/mol. The van der Waals surface area contributed by atoms with Crippen LogP contribution < -0.4 is 10.5 Å². The molecule has 0 aromatic heterocycles. The normalized spacial score (nSPS) is 14.8. The molecule has 0 aromatic rings. The van der Waals surface area contributed by atoms with Gasteiger partial charge in [-0.05, 0) is 12.7 Å². The fourth-order valence-electron chi connectivity index (χ4n) is 0.973. The first kappa shape index (κ1) is 13.8. The molecule has 3 N–H and O–H groups in total. The number of amides is 1. The van der Waals surface area contributed by atoms with Gasteiger partial charge in [0.2, 0.25) is 5.91 Å². The highest BCUT2D eigenvalue weighted by Crippen LogP contribution is 2.09. The molecule has 6 heteroatoms. The Morgan fingerprint density at radius 3 is 2.50 bits per heavy atom. The molecule has 4 nitrogen and oxygen atoms in total. The van der Waals surface area contributed by atoms with E-state index in [1.165, 1.54) is 11.9 Å². The number of rotatable bonds is 7. The Labute approximate surface area is 93.9 Å². The van der Waals surface area contributed by atoms with Crippen molar-refractivity contribution in [2.24, 2.45) is 5.73 Å². The number of Topliss-reactive ketones (excluding diaryl/α,β-unsaturated/α-hetero) is 1. The Kier molecular flexibility index (Phi) is 7.04. The molecule has 0 bridgehead atoms. The minimum Gasteiger partial charge on any atom is -0.369 e. The lowest BCUT2D eigenvalue weighted by Crippen LogP contribution is -2.38. The average Bonchev–Trinajstić information content (AvgIpc) is 2.15. The Balaban J connectivity index is 4.21. The fraction of sp³-hybridized carbons (Fsp3) is 0.750. The van der Waals surface area contributed by atoms with E-state index in [2.05, 4.69) is 17.4 Å². The van der Waals surface area contributed by atoms with Crippen LogP contribution in [0.3, 0.4) is 0 Å². The summed E-state index contributed by atoms with van der Waals surface area (Å²) in [5.74, 6) is -0.426. The van der Waals surface area contributed by atoms with Crippen molar-refractivity contribution < 1.29 is 9.59 Å². The minimum atomic E-state index is -0.574. The second kappa shape index (κ2) is 7.14. The molecule has 0 rings (SSSR count). The van der Waals surface area contributed by atoms with E-state index in [0.29, 0.717) is 12.8 Å². The Hall–Kier alpha value is -0.200. The molecule has 0 aromatic carbocycles. The molecule has 0 saturated carbocycles. The molecule has 0 fully saturated rings. The smallest absolute Gasteiger partial charge is 0.230 e. The van der Waals surface area contributed by atoms with Gasteiger partial charge in [0.15, 0.2) is 0 Å². The maximum absolute atomic E-state index is 11.4. The highest BCUT2D eigenvalue weighted by atomic mass is 32.2. The summed E-state index contributed by atoms with van der Waals surface area (Å²) in [5.41, 5.74) is 5.06. The first-order valence-electron chi connectivity index (χ1n) is 4.31. The number of nitrogens with two attached hydrogens (primary N) is 1. The van der Waals surface area contributed by atoms with Crippen LogP contribution in [0.4, 0.5) is 0 Å². The topological polar surface area (TPSA) is 72.2 Å². The number of nitrogens with one attached hydrogen (secondary N) is 1. The molecule has 0 spiro atoms. The predicted molar refractivity (Wildman–Crippen MR) is 62.3 cm³/mol. The van der Waals surface area contributed by atoms with Gasteiger partial charge in [-0.1, -0.05) is 18.9 Å². The van der Waals surface area contributed by atoms with E-state index in [0.717, 1.165) is 0 Å². The van der Waals surface area contributed by atoms with Crippen molar-refractivity contribution in [2.75, 3.05) is 6.26 Å². The third-order valence-electron chi connectivity index (χ3n) is 1.78. The van der Waals surface area contributed by atoms with Crippen LogP contribution in [0.5, 0.6) is 0 Å². The predicted octanol–water partition coefficient (Wildman–Crippen LogP) is 0.375. The Morgan fingerprint density at radius 2 is 2.14 bits per heavy atom. The number of ketones is 1. The van der Waals surface area contributed by atoms with E-state index in [4.69, 9.17) is 5.73 Å². The molecular weight excluding hydrogens is 220 g/mol. The number of carbonyl (C=O) groups excluding carboxylic acids is 2. The van der Waals surface area contributed by atoms with Gasteiger partial charge in [0, 0.05) is 6.42 Å². The van der Waals surface area contributed by atoms with Gasteiger partial charge in [0.25, 0.3) is 0 Å². The molecule has 82 valence electrons. The van der Waals surface area contributed by atoms with Crippen LogP contribution in [-0.4, -0.2) is 29.2 Å². The van der Waals surface area contributed by atoms with Gasteiger partial charge < -0.3 is 5.73 Å². The summed E-state index contributed by atoms with van der Waals surface area (Å²) in [4.78, 5) is 22.1. The van der Waals surface area contributed by atoms with Crippen molar-refractivity contribution in [3.05, 3.63) is 0 Å². The lowest BCUT2D eigenvalue weighted by atomic mass is 10.1. The summed E-state index contributed by atoms with van der Waals surface area (Å²) in [7, 11) is 0. The quantitative estimate of drug-likeness (QED) is 0.441. The fourth-order valence-corrected chi connectivity index (χ4v) is 1.70. The van der Waals surface area contributed by atoms with Gasteiger partial charge in [-0.25, -0.2) is 0 Å². The minimum absolute atomic E-state index is 0.0691. The molecule has 0 heterocycles. The zero-order chi connectivity index (χ0) is 11.1. The van der Waals surface area contributed by atoms with E-state index in [-0.39, 0.29) is 11.8 Å². The van der Waals surface area contributed by atoms with Gasteiger partial charge in [0.1, 0.15) is 5.78 Å². The summed E-state index contributed by atoms with van der Waals surface area (Å²) in [6, 6.07) is -0.343. The van der Waals surface area contributed by atoms with Gasteiger partial charge in [-0.3, -0.25) is 14.3 Å². The summed E-state index contributed by atoms with van der Waals surface area (Å²) in [6.07, 6.45) is 2.61. The van der Waals surface area contributed by atoms with Crippen molar-refractivity contribution in [1.29, 1.82) is 0 Å². The van der Waals surface area contributed by atoms with Gasteiger partial charge >= 0.3 is 0 Å². The number of thiol groups is 1. The first-order chi connectivity index (χ1) is 6.52. The van der Waals surface area contributed by atoms with Crippen molar-refractivity contribution in [3.8, 4) is 0 Å². The average molecular weight is 236 g/mol. The summed E-state index contributed by atoms with van der Waals surface area (Å²) >= 11 is 5.36. The zero-order valence-electron chi connectivity index (χ0n) is 8.32. The van der Waals surface area contributed by atoms with Crippen molar-refractivity contribution in [1.82, 2.24) is 4.72 Å². The Morgan fingerprint density at radius 1 is 1.57 bits per heavy atom. The van der Waals surface area contributed by atoms with Crippen LogP contribution >= 0.6 is 24.6 Å². The van der Waals surface area contributed by atoms with Crippen LogP contribution in [-0.2, 0) is 9.59 Å². The second-order valence-corrected chi connectivity index (χ2v) is 4.12. The van der Waals surface area contributed by atoms with Crippen LogP contribution in [0, 0.1) is 0 Å². The number of hydrogen-bond donors (Lipinski definition) is 3. The second-order valence-electron chi connectivity index (χ2n) is 2.85. The van der Waals surface area contributed by atoms with Gasteiger partial charge in [0.05, 0.1) is 11.3 Å². The largest absolute Gasteiger partial charge is 0.369 e. The summed E-state index contributed by atoms with van der Waals surface area (Å²) < 4.78 is 2.93. The Bertz CT molecular complexity index is 212. The summed E-state index contributed by atoms with van der Waals surface area (Å²) in [6.45, 7) is 1.79. The lowest BCUT2D eigenvalue weighted by molar-refractivity contribution is -0.120. The number of hydrogen-bond acceptors (Lipinski definition) is 5. The van der Waals surface area contributed by atoms with E-state index in [1.54, 1.807) is 6.92 Å². The molecule has 2 atom stereocenters. The molecule has 14 heavy (non-hydrogen) atoms. The van der Waals surface area contributed by atoms with E-state index in [9.17, 15) is 9.59 Å². The maximum Gasteiger partial charge on any atom is 0.230 e. The molecule has 0 radical (unpaired) electrons. The summed E-state index contributed by atoms with van der Waals surface area (Å²) in [5, 5.41) is -0.574. The standard InChI is InChI=1S/C8H16N2O2S2/c1-3-6(11)5(10-14-2)4-7(13)8(9)12/h5,7,10,13H,3-4H2,1-2H3,(H2,9,12). The molecular formula is C8H16N2O2S2. The number of carbonyl (C=O) groups is 2. The molecule has 0 saturated heterocycles.